The average molecular weight is 583 g/mol. The molecule has 186 valence electrons. The van der Waals surface area contributed by atoms with Crippen molar-refractivity contribution in [2.75, 3.05) is 22.1 Å². The summed E-state index contributed by atoms with van der Waals surface area (Å²) >= 11 is 6.72. The average Bonchev–Trinajstić information content (AvgIpc) is 3.69. The van der Waals surface area contributed by atoms with Crippen LogP contribution >= 0.6 is 57.5 Å². The van der Waals surface area contributed by atoms with E-state index in [4.69, 9.17) is 0 Å². The number of carbonyl (C=O) groups excluding carboxylic acids is 2. The number of thiazole rings is 2. The molecule has 2 aromatic carbocycles. The third kappa shape index (κ3) is 7.23. The maximum Gasteiger partial charge on any atom is 0.236 e. The molecule has 0 atom stereocenters. The highest BCUT2D eigenvalue weighted by atomic mass is 32.2. The molecular formula is C24H18N6O2S5. The van der Waals surface area contributed by atoms with Gasteiger partial charge in [0.15, 0.2) is 18.9 Å². The lowest BCUT2D eigenvalue weighted by atomic mass is 10.2. The summed E-state index contributed by atoms with van der Waals surface area (Å²) in [6.45, 7) is 0. The molecular weight excluding hydrogens is 565 g/mol. The third-order valence-electron chi connectivity index (χ3n) is 4.68. The lowest BCUT2D eigenvalue weighted by molar-refractivity contribution is -0.114. The number of nitrogens with one attached hydrogen (secondary N) is 2. The lowest BCUT2D eigenvalue weighted by Crippen LogP contribution is -2.13. The number of hydrogen-bond acceptors (Lipinski definition) is 11. The molecule has 0 aliphatic rings. The Labute approximate surface area is 233 Å². The molecule has 0 saturated heterocycles. The first-order valence-corrected chi connectivity index (χ1v) is 15.4. The van der Waals surface area contributed by atoms with Crippen molar-refractivity contribution in [1.29, 1.82) is 0 Å². The quantitative estimate of drug-likeness (QED) is 0.186. The summed E-state index contributed by atoms with van der Waals surface area (Å²) in [6, 6.07) is 19.6. The van der Waals surface area contributed by atoms with Crippen LogP contribution in [0, 0.1) is 0 Å². The van der Waals surface area contributed by atoms with Crippen molar-refractivity contribution in [2.24, 2.45) is 0 Å². The van der Waals surface area contributed by atoms with E-state index in [0.717, 1.165) is 22.5 Å². The van der Waals surface area contributed by atoms with Gasteiger partial charge in [-0.15, -0.1) is 32.9 Å². The summed E-state index contributed by atoms with van der Waals surface area (Å²) in [7, 11) is 0. The summed E-state index contributed by atoms with van der Waals surface area (Å²) in [6.07, 6.45) is 0. The highest BCUT2D eigenvalue weighted by molar-refractivity contribution is 8.03. The second kappa shape index (κ2) is 12.4. The summed E-state index contributed by atoms with van der Waals surface area (Å²) < 4.78 is 1.32. The fourth-order valence-corrected chi connectivity index (χ4v) is 7.12. The molecule has 13 heteroatoms. The number of thioether (sulfide) groups is 2. The molecule has 0 unspecified atom stereocenters. The number of anilines is 2. The molecule has 0 radical (unpaired) electrons. The van der Waals surface area contributed by atoms with Crippen LogP contribution < -0.4 is 10.6 Å². The summed E-state index contributed by atoms with van der Waals surface area (Å²) in [5, 5.41) is 18.8. The van der Waals surface area contributed by atoms with Crippen LogP contribution in [0.1, 0.15) is 0 Å². The van der Waals surface area contributed by atoms with Crippen LogP contribution in [0.2, 0.25) is 0 Å². The molecule has 8 nitrogen and oxygen atoms in total. The van der Waals surface area contributed by atoms with Crippen LogP contribution in [0.5, 0.6) is 0 Å². The van der Waals surface area contributed by atoms with Gasteiger partial charge in [0.2, 0.25) is 11.8 Å². The van der Waals surface area contributed by atoms with E-state index < -0.39 is 0 Å². The Hall–Kier alpha value is -3.10. The summed E-state index contributed by atoms with van der Waals surface area (Å²) in [5.74, 6) is 0.0453. The van der Waals surface area contributed by atoms with Gasteiger partial charge in [-0.3, -0.25) is 9.59 Å². The maximum atomic E-state index is 12.3. The van der Waals surface area contributed by atoms with E-state index in [2.05, 4.69) is 30.8 Å². The molecule has 0 aliphatic heterocycles. The molecule has 5 rings (SSSR count). The Morgan fingerprint density at radius 1 is 0.676 bits per heavy atom. The molecule has 0 saturated carbocycles. The first kappa shape index (κ1) is 25.5. The molecule has 3 heterocycles. The van der Waals surface area contributed by atoms with E-state index >= 15 is 0 Å². The van der Waals surface area contributed by atoms with Gasteiger partial charge >= 0.3 is 0 Å². The number of rotatable bonds is 10. The van der Waals surface area contributed by atoms with Crippen LogP contribution in [0.3, 0.4) is 0 Å². The molecule has 0 fully saturated rings. The summed E-state index contributed by atoms with van der Waals surface area (Å²) in [4.78, 5) is 33.6. The molecule has 2 amide bonds. The van der Waals surface area contributed by atoms with Crippen molar-refractivity contribution in [3.8, 4) is 22.5 Å². The minimum Gasteiger partial charge on any atom is -0.301 e. The predicted molar refractivity (Wildman–Crippen MR) is 154 cm³/mol. The Balaban J connectivity index is 1.05. The van der Waals surface area contributed by atoms with Crippen LogP contribution in [-0.4, -0.2) is 43.5 Å². The molecule has 0 spiro atoms. The molecule has 2 N–H and O–H groups in total. The predicted octanol–water partition coefficient (Wildman–Crippen LogP) is 6.25. The van der Waals surface area contributed by atoms with E-state index in [-0.39, 0.29) is 23.3 Å². The first-order chi connectivity index (χ1) is 18.1. The minimum atomic E-state index is -0.166. The van der Waals surface area contributed by atoms with Crippen LogP contribution in [-0.2, 0) is 9.59 Å². The number of benzene rings is 2. The van der Waals surface area contributed by atoms with E-state index in [0.29, 0.717) is 18.9 Å². The van der Waals surface area contributed by atoms with Gasteiger partial charge in [-0.05, 0) is 0 Å². The van der Waals surface area contributed by atoms with Gasteiger partial charge in [-0.2, -0.15) is 0 Å². The van der Waals surface area contributed by atoms with Crippen molar-refractivity contribution >= 4 is 79.6 Å². The zero-order valence-corrected chi connectivity index (χ0v) is 23.1. The Kier molecular flexibility index (Phi) is 8.58. The number of carbonyl (C=O) groups is 2. The zero-order chi connectivity index (χ0) is 25.5. The maximum absolute atomic E-state index is 12.3. The van der Waals surface area contributed by atoms with E-state index in [1.807, 2.05) is 71.4 Å². The second-order valence-corrected chi connectivity index (χ2v) is 12.5. The largest absolute Gasteiger partial charge is 0.301 e. The molecule has 37 heavy (non-hydrogen) atoms. The summed E-state index contributed by atoms with van der Waals surface area (Å²) in [5.41, 5.74) is 3.67. The molecule has 0 bridgehead atoms. The smallest absolute Gasteiger partial charge is 0.236 e. The van der Waals surface area contributed by atoms with Gasteiger partial charge in [0.05, 0.1) is 22.9 Å². The monoisotopic (exact) mass is 582 g/mol. The fraction of sp³-hybridized carbons (Fsp3) is 0.0833. The number of amides is 2. The Bertz CT molecular complexity index is 1380. The standard InChI is InChI=1S/C24H18N6O2S5/c31-19(27-21-25-17(11-33-21)15-7-3-1-4-8-15)13-35-23-29-30-24(37-23)36-14-20(32)28-22-26-18(12-34-22)16-9-5-2-6-10-16/h1-12H,13-14H2,(H,25,27,31)(H,26,28,32). The molecule has 3 aromatic heterocycles. The highest BCUT2D eigenvalue weighted by Crippen LogP contribution is 2.30. The van der Waals surface area contributed by atoms with Gasteiger partial charge in [-0.1, -0.05) is 95.5 Å². The Morgan fingerprint density at radius 3 is 1.54 bits per heavy atom. The topological polar surface area (TPSA) is 110 Å². The van der Waals surface area contributed by atoms with E-state index in [1.165, 1.54) is 57.5 Å². The third-order valence-corrected chi connectivity index (χ3v) is 9.39. The van der Waals surface area contributed by atoms with Gasteiger partial charge in [-0.25, -0.2) is 9.97 Å². The number of aromatic nitrogens is 4. The van der Waals surface area contributed by atoms with E-state index in [1.54, 1.807) is 0 Å². The van der Waals surface area contributed by atoms with Crippen molar-refractivity contribution < 1.29 is 9.59 Å². The van der Waals surface area contributed by atoms with Crippen molar-refractivity contribution in [3.63, 3.8) is 0 Å². The highest BCUT2D eigenvalue weighted by Gasteiger charge is 2.13. The molecule has 5 aromatic rings. The first-order valence-electron chi connectivity index (χ1n) is 10.8. The van der Waals surface area contributed by atoms with Crippen molar-refractivity contribution in [2.45, 2.75) is 8.68 Å². The van der Waals surface area contributed by atoms with Gasteiger partial charge in [0, 0.05) is 21.9 Å². The lowest BCUT2D eigenvalue weighted by Gasteiger charge is -2.00. The van der Waals surface area contributed by atoms with Gasteiger partial charge in [0.1, 0.15) is 0 Å². The van der Waals surface area contributed by atoms with Crippen molar-refractivity contribution in [1.82, 2.24) is 20.2 Å². The number of nitrogens with zero attached hydrogens (tertiary/aromatic N) is 4. The van der Waals surface area contributed by atoms with Crippen LogP contribution in [0.15, 0.2) is 80.1 Å². The van der Waals surface area contributed by atoms with Crippen molar-refractivity contribution in [3.05, 3.63) is 71.4 Å². The normalized spacial score (nSPS) is 10.8. The fourth-order valence-electron chi connectivity index (χ4n) is 3.02. The number of hydrogen-bond donors (Lipinski definition) is 2. The molecule has 0 aliphatic carbocycles. The zero-order valence-electron chi connectivity index (χ0n) is 19.0. The van der Waals surface area contributed by atoms with E-state index in [9.17, 15) is 9.59 Å². The van der Waals surface area contributed by atoms with Crippen LogP contribution in [0.25, 0.3) is 22.5 Å². The Morgan fingerprint density at radius 2 is 1.11 bits per heavy atom. The van der Waals surface area contributed by atoms with Gasteiger partial charge in [0.25, 0.3) is 0 Å². The van der Waals surface area contributed by atoms with Gasteiger partial charge < -0.3 is 10.6 Å². The SMILES string of the molecule is O=C(CSc1nnc(SCC(=O)Nc2nc(-c3ccccc3)cs2)s1)Nc1nc(-c2ccccc2)cs1. The second-order valence-electron chi connectivity index (χ2n) is 7.32. The van der Waals surface area contributed by atoms with Crippen LogP contribution in [0.4, 0.5) is 10.3 Å². The minimum absolute atomic E-state index is 0.166.